The monoisotopic (exact) mass is 303 g/mol. The SMILES string of the molecule is COC1CCC(NS(=O)(=O)c2cc(C(=O)O)oc2C)C1. The minimum atomic E-state index is -3.78. The number of furan rings is 1. The highest BCUT2D eigenvalue weighted by molar-refractivity contribution is 7.89. The third kappa shape index (κ3) is 3.02. The third-order valence-corrected chi connectivity index (χ3v) is 5.04. The fourth-order valence-electron chi connectivity index (χ4n) is 2.38. The number of hydrogen-bond acceptors (Lipinski definition) is 5. The van der Waals surface area contributed by atoms with E-state index in [0.717, 1.165) is 12.5 Å². The maximum atomic E-state index is 12.2. The van der Waals surface area contributed by atoms with Crippen LogP contribution in [0.4, 0.5) is 0 Å². The molecule has 1 heterocycles. The Hall–Kier alpha value is -1.38. The van der Waals surface area contributed by atoms with Crippen LogP contribution in [0.1, 0.15) is 35.6 Å². The summed E-state index contributed by atoms with van der Waals surface area (Å²) in [4.78, 5) is 10.7. The van der Waals surface area contributed by atoms with E-state index in [1.165, 1.54) is 6.92 Å². The lowest BCUT2D eigenvalue weighted by Gasteiger charge is -2.12. The van der Waals surface area contributed by atoms with Crippen molar-refractivity contribution in [2.45, 2.75) is 43.2 Å². The first-order valence-electron chi connectivity index (χ1n) is 6.22. The van der Waals surface area contributed by atoms with Crippen LogP contribution in [0.5, 0.6) is 0 Å². The van der Waals surface area contributed by atoms with Gasteiger partial charge in [-0.2, -0.15) is 0 Å². The number of ether oxygens (including phenoxy) is 1. The van der Waals surface area contributed by atoms with Gasteiger partial charge in [0.05, 0.1) is 6.10 Å². The van der Waals surface area contributed by atoms with E-state index in [4.69, 9.17) is 14.3 Å². The summed E-state index contributed by atoms with van der Waals surface area (Å²) in [5.74, 6) is -1.62. The molecule has 1 fully saturated rings. The van der Waals surface area contributed by atoms with Crippen molar-refractivity contribution in [1.82, 2.24) is 4.72 Å². The number of methoxy groups -OCH3 is 1. The van der Waals surface area contributed by atoms with Crippen LogP contribution in [0, 0.1) is 6.92 Å². The van der Waals surface area contributed by atoms with Gasteiger partial charge in [0.25, 0.3) is 0 Å². The van der Waals surface area contributed by atoms with Crippen molar-refractivity contribution in [2.24, 2.45) is 0 Å². The lowest BCUT2D eigenvalue weighted by Crippen LogP contribution is -2.33. The molecule has 0 aliphatic heterocycles. The van der Waals surface area contributed by atoms with Gasteiger partial charge in [0.1, 0.15) is 10.7 Å². The minimum absolute atomic E-state index is 0.0581. The molecule has 7 nitrogen and oxygen atoms in total. The van der Waals surface area contributed by atoms with Crippen LogP contribution in [0.15, 0.2) is 15.4 Å². The molecular formula is C12H17NO6S. The van der Waals surface area contributed by atoms with Gasteiger partial charge >= 0.3 is 5.97 Å². The standard InChI is InChI=1S/C12H17NO6S/c1-7-11(6-10(19-7)12(14)15)20(16,17)13-8-3-4-9(5-8)18-2/h6,8-9,13H,3-5H2,1-2H3,(H,14,15). The van der Waals surface area contributed by atoms with Crippen molar-refractivity contribution in [1.29, 1.82) is 0 Å². The van der Waals surface area contributed by atoms with E-state index in [9.17, 15) is 13.2 Å². The van der Waals surface area contributed by atoms with Gasteiger partial charge in [-0.15, -0.1) is 0 Å². The zero-order valence-corrected chi connectivity index (χ0v) is 12.1. The van der Waals surface area contributed by atoms with Gasteiger partial charge in [-0.1, -0.05) is 0 Å². The lowest BCUT2D eigenvalue weighted by atomic mass is 10.3. The molecule has 2 N–H and O–H groups in total. The summed E-state index contributed by atoms with van der Waals surface area (Å²) in [7, 11) is -2.18. The van der Waals surface area contributed by atoms with Crippen LogP contribution in [-0.2, 0) is 14.8 Å². The number of carboxylic acids is 1. The Bertz CT molecular complexity index is 605. The summed E-state index contributed by atoms with van der Waals surface area (Å²) in [6.07, 6.45) is 2.16. The van der Waals surface area contributed by atoms with E-state index in [1.54, 1.807) is 7.11 Å². The number of aryl methyl sites for hydroxylation is 1. The topological polar surface area (TPSA) is 106 Å². The second kappa shape index (κ2) is 5.55. The molecule has 0 bridgehead atoms. The van der Waals surface area contributed by atoms with Crippen molar-refractivity contribution in [3.8, 4) is 0 Å². The summed E-state index contributed by atoms with van der Waals surface area (Å²) < 4.78 is 37.2. The predicted octanol–water partition coefficient (Wildman–Crippen LogP) is 1.13. The highest BCUT2D eigenvalue weighted by Gasteiger charge is 2.31. The Morgan fingerprint density at radius 1 is 1.50 bits per heavy atom. The second-order valence-corrected chi connectivity index (χ2v) is 6.51. The van der Waals surface area contributed by atoms with Gasteiger partial charge in [0.2, 0.25) is 15.8 Å². The van der Waals surface area contributed by atoms with Crippen molar-refractivity contribution in [3.63, 3.8) is 0 Å². The van der Waals surface area contributed by atoms with E-state index < -0.39 is 16.0 Å². The summed E-state index contributed by atoms with van der Waals surface area (Å²) in [6, 6.07) is 0.829. The Kier molecular flexibility index (Phi) is 4.17. The molecule has 112 valence electrons. The number of aromatic carboxylic acids is 1. The van der Waals surface area contributed by atoms with Crippen LogP contribution in [-0.4, -0.2) is 38.7 Å². The molecule has 0 radical (unpaired) electrons. The number of sulfonamides is 1. The molecule has 1 aromatic heterocycles. The third-order valence-electron chi connectivity index (χ3n) is 3.41. The van der Waals surface area contributed by atoms with Crippen LogP contribution in [0.3, 0.4) is 0 Å². The van der Waals surface area contributed by atoms with Crippen LogP contribution >= 0.6 is 0 Å². The Morgan fingerprint density at radius 2 is 2.20 bits per heavy atom. The highest BCUT2D eigenvalue weighted by Crippen LogP contribution is 2.25. The molecule has 1 aliphatic carbocycles. The van der Waals surface area contributed by atoms with E-state index in [0.29, 0.717) is 12.8 Å². The minimum Gasteiger partial charge on any atom is -0.475 e. The predicted molar refractivity (Wildman–Crippen MR) is 69.2 cm³/mol. The van der Waals surface area contributed by atoms with E-state index >= 15 is 0 Å². The normalized spacial score (nSPS) is 23.1. The number of rotatable bonds is 5. The molecular weight excluding hydrogens is 286 g/mol. The maximum Gasteiger partial charge on any atom is 0.371 e. The zero-order valence-electron chi connectivity index (χ0n) is 11.3. The molecule has 0 spiro atoms. The summed E-state index contributed by atoms with van der Waals surface area (Å²) in [5, 5.41) is 8.81. The average Bonchev–Trinajstić information content (AvgIpc) is 2.95. The van der Waals surface area contributed by atoms with Crippen LogP contribution < -0.4 is 4.72 Å². The van der Waals surface area contributed by atoms with Crippen molar-refractivity contribution in [2.75, 3.05) is 7.11 Å². The van der Waals surface area contributed by atoms with Gasteiger partial charge in [-0.3, -0.25) is 0 Å². The van der Waals surface area contributed by atoms with Crippen molar-refractivity contribution < 1.29 is 27.5 Å². The van der Waals surface area contributed by atoms with Gasteiger partial charge in [-0.25, -0.2) is 17.9 Å². The summed E-state index contributed by atoms with van der Waals surface area (Å²) >= 11 is 0. The van der Waals surface area contributed by atoms with Gasteiger partial charge in [0, 0.05) is 19.2 Å². The molecule has 0 amide bonds. The van der Waals surface area contributed by atoms with E-state index in [-0.39, 0.29) is 28.6 Å². The average molecular weight is 303 g/mol. The molecule has 20 heavy (non-hydrogen) atoms. The lowest BCUT2D eigenvalue weighted by molar-refractivity contribution is 0.0661. The zero-order chi connectivity index (χ0) is 14.9. The van der Waals surface area contributed by atoms with Crippen molar-refractivity contribution in [3.05, 3.63) is 17.6 Å². The maximum absolute atomic E-state index is 12.2. The van der Waals surface area contributed by atoms with Gasteiger partial charge in [0.15, 0.2) is 0 Å². The molecule has 2 unspecified atom stereocenters. The fourth-order valence-corrected chi connectivity index (χ4v) is 3.84. The van der Waals surface area contributed by atoms with E-state index in [1.807, 2.05) is 0 Å². The summed E-state index contributed by atoms with van der Waals surface area (Å²) in [5.41, 5.74) is 0. The van der Waals surface area contributed by atoms with Crippen molar-refractivity contribution >= 4 is 16.0 Å². The molecule has 1 aromatic rings. The van der Waals surface area contributed by atoms with Crippen LogP contribution in [0.25, 0.3) is 0 Å². The largest absolute Gasteiger partial charge is 0.475 e. The molecule has 0 saturated heterocycles. The van der Waals surface area contributed by atoms with Gasteiger partial charge < -0.3 is 14.3 Å². The number of carboxylic acid groups (broad SMARTS) is 1. The highest BCUT2D eigenvalue weighted by atomic mass is 32.2. The van der Waals surface area contributed by atoms with E-state index in [2.05, 4.69) is 4.72 Å². The van der Waals surface area contributed by atoms with Crippen LogP contribution in [0.2, 0.25) is 0 Å². The number of carbonyl (C=O) groups is 1. The Balaban J connectivity index is 2.17. The second-order valence-electron chi connectivity index (χ2n) is 4.83. The molecule has 1 saturated carbocycles. The first kappa shape index (κ1) is 15.0. The fraction of sp³-hybridized carbons (Fsp3) is 0.583. The Labute approximate surface area is 117 Å². The molecule has 8 heteroatoms. The first-order valence-corrected chi connectivity index (χ1v) is 7.70. The molecule has 1 aliphatic rings. The smallest absolute Gasteiger partial charge is 0.371 e. The number of nitrogens with one attached hydrogen (secondary N) is 1. The molecule has 0 aromatic carbocycles. The number of hydrogen-bond donors (Lipinski definition) is 2. The summed E-state index contributed by atoms with van der Waals surface area (Å²) in [6.45, 7) is 1.42. The first-order chi connectivity index (χ1) is 9.33. The molecule has 2 atom stereocenters. The molecule has 2 rings (SSSR count). The quantitative estimate of drug-likeness (QED) is 0.844. The van der Waals surface area contributed by atoms with Gasteiger partial charge in [-0.05, 0) is 26.2 Å². The Morgan fingerprint density at radius 3 is 2.70 bits per heavy atom.